The molecule has 1 aromatic heterocycles. The third-order valence-corrected chi connectivity index (χ3v) is 4.82. The van der Waals surface area contributed by atoms with Crippen LogP contribution in [-0.2, 0) is 14.2 Å². The van der Waals surface area contributed by atoms with Gasteiger partial charge in [-0.15, -0.1) is 0 Å². The first-order chi connectivity index (χ1) is 13.2. The second kappa shape index (κ2) is 8.36. The highest BCUT2D eigenvalue weighted by Crippen LogP contribution is 2.29. The molecule has 9 atom stereocenters. The minimum Gasteiger partial charge on any atom is -0.394 e. The molecule has 13 heteroatoms. The van der Waals surface area contributed by atoms with Crippen molar-refractivity contribution in [1.29, 1.82) is 0 Å². The number of aromatic nitrogens is 2. The van der Waals surface area contributed by atoms with Gasteiger partial charge in [-0.25, -0.2) is 4.79 Å². The highest BCUT2D eigenvalue weighted by molar-refractivity contribution is 4.94. The lowest BCUT2D eigenvalue weighted by molar-refractivity contribution is -0.272. The van der Waals surface area contributed by atoms with Crippen LogP contribution >= 0.6 is 0 Å². The van der Waals surface area contributed by atoms with Gasteiger partial charge in [-0.1, -0.05) is 0 Å². The van der Waals surface area contributed by atoms with Gasteiger partial charge in [0.25, 0.3) is 5.56 Å². The van der Waals surface area contributed by atoms with Crippen LogP contribution in [0.5, 0.6) is 0 Å². The number of nitrogens with zero attached hydrogens (tertiary/aromatic N) is 1. The maximum atomic E-state index is 11.9. The molecule has 3 rings (SSSR count). The standard InChI is InChI=1S/C15H23N3O10/c16-8-11(23)9(21)5(3-19)28-14(8)26-4-6-10(22)12(24)13(27-6)18-2-1-7(20)17-15(18)25/h1-2,5-6,8-14,19,21-24H,3-4,16H2,(H,17,20,25). The second-order valence-corrected chi connectivity index (χ2v) is 6.68. The average molecular weight is 405 g/mol. The largest absolute Gasteiger partial charge is 0.394 e. The van der Waals surface area contributed by atoms with E-state index in [0.29, 0.717) is 0 Å². The van der Waals surface area contributed by atoms with Gasteiger partial charge in [0, 0.05) is 12.3 Å². The van der Waals surface area contributed by atoms with Crippen molar-refractivity contribution in [3.05, 3.63) is 33.1 Å². The van der Waals surface area contributed by atoms with Crippen LogP contribution < -0.4 is 17.0 Å². The lowest BCUT2D eigenvalue weighted by atomic mass is 9.98. The Kier molecular flexibility index (Phi) is 6.28. The van der Waals surface area contributed by atoms with Gasteiger partial charge in [0.05, 0.1) is 19.3 Å². The molecule has 0 aromatic carbocycles. The second-order valence-electron chi connectivity index (χ2n) is 6.68. The first-order valence-corrected chi connectivity index (χ1v) is 8.57. The number of aromatic amines is 1. The predicted octanol–water partition coefficient (Wildman–Crippen LogP) is -5.06. The Balaban J connectivity index is 1.66. The van der Waals surface area contributed by atoms with E-state index < -0.39 is 73.0 Å². The lowest BCUT2D eigenvalue weighted by Crippen LogP contribution is -2.62. The topological polar surface area (TPSA) is 210 Å². The lowest BCUT2D eigenvalue weighted by Gasteiger charge is -2.40. The molecule has 2 aliphatic rings. The average Bonchev–Trinajstić information content (AvgIpc) is 2.94. The fourth-order valence-corrected chi connectivity index (χ4v) is 3.17. The van der Waals surface area contributed by atoms with E-state index in [4.69, 9.17) is 19.9 Å². The summed E-state index contributed by atoms with van der Waals surface area (Å²) in [4.78, 5) is 25.0. The monoisotopic (exact) mass is 405 g/mol. The molecule has 1 aromatic rings. The number of aliphatic hydroxyl groups excluding tert-OH is 5. The van der Waals surface area contributed by atoms with Crippen molar-refractivity contribution in [2.24, 2.45) is 5.73 Å². The smallest absolute Gasteiger partial charge is 0.330 e. The van der Waals surface area contributed by atoms with Crippen molar-refractivity contribution in [1.82, 2.24) is 9.55 Å². The summed E-state index contributed by atoms with van der Waals surface area (Å²) in [5.41, 5.74) is 4.30. The molecule has 28 heavy (non-hydrogen) atoms. The molecule has 0 radical (unpaired) electrons. The first-order valence-electron chi connectivity index (χ1n) is 8.57. The van der Waals surface area contributed by atoms with Crippen LogP contribution in [0, 0.1) is 0 Å². The van der Waals surface area contributed by atoms with Gasteiger partial charge >= 0.3 is 5.69 Å². The molecule has 0 spiro atoms. The molecule has 13 nitrogen and oxygen atoms in total. The minimum absolute atomic E-state index is 0.341. The molecule has 0 saturated carbocycles. The van der Waals surface area contributed by atoms with E-state index >= 15 is 0 Å². The normalized spacial score (nSPS) is 41.3. The summed E-state index contributed by atoms with van der Waals surface area (Å²) in [6.07, 6.45) is -9.32. The molecule has 2 saturated heterocycles. The molecule has 2 fully saturated rings. The van der Waals surface area contributed by atoms with Crippen molar-refractivity contribution in [2.75, 3.05) is 13.2 Å². The fourth-order valence-electron chi connectivity index (χ4n) is 3.17. The van der Waals surface area contributed by atoms with Crippen molar-refractivity contribution < 1.29 is 39.7 Å². The Morgan fingerprint density at radius 3 is 2.39 bits per heavy atom. The summed E-state index contributed by atoms with van der Waals surface area (Å²) in [5, 5.41) is 49.2. The maximum Gasteiger partial charge on any atom is 0.330 e. The van der Waals surface area contributed by atoms with E-state index in [2.05, 4.69) is 0 Å². The highest BCUT2D eigenvalue weighted by atomic mass is 16.7. The van der Waals surface area contributed by atoms with E-state index in [1.807, 2.05) is 4.98 Å². The Morgan fingerprint density at radius 1 is 1.07 bits per heavy atom. The van der Waals surface area contributed by atoms with E-state index in [1.165, 1.54) is 0 Å². The van der Waals surface area contributed by atoms with E-state index in [1.54, 1.807) is 0 Å². The highest BCUT2D eigenvalue weighted by Gasteiger charge is 2.47. The molecule has 3 heterocycles. The third-order valence-electron chi connectivity index (χ3n) is 4.82. The van der Waals surface area contributed by atoms with E-state index in [9.17, 15) is 35.1 Å². The van der Waals surface area contributed by atoms with Gasteiger partial charge in [0.2, 0.25) is 0 Å². The van der Waals surface area contributed by atoms with Crippen LogP contribution in [0.15, 0.2) is 21.9 Å². The van der Waals surface area contributed by atoms with Gasteiger partial charge in [-0.05, 0) is 0 Å². The summed E-state index contributed by atoms with van der Waals surface area (Å²) in [5.74, 6) is 0. The van der Waals surface area contributed by atoms with Gasteiger partial charge in [-0.3, -0.25) is 14.3 Å². The fraction of sp³-hybridized carbons (Fsp3) is 0.733. The quantitative estimate of drug-likeness (QED) is 0.246. The Morgan fingerprint density at radius 2 is 1.75 bits per heavy atom. The van der Waals surface area contributed by atoms with Gasteiger partial charge in [0.15, 0.2) is 12.5 Å². The number of ether oxygens (including phenoxy) is 3. The zero-order chi connectivity index (χ0) is 20.6. The summed E-state index contributed by atoms with van der Waals surface area (Å²) in [6, 6.07) is -0.0801. The van der Waals surface area contributed by atoms with Crippen LogP contribution in [0.3, 0.4) is 0 Å². The SMILES string of the molecule is NC1C(OCC2OC(n3ccc(=O)[nH]c3=O)C(O)C2O)OC(CO)C(O)C1O. The van der Waals surface area contributed by atoms with Crippen LogP contribution in [0.25, 0.3) is 0 Å². The summed E-state index contributed by atoms with van der Waals surface area (Å²) < 4.78 is 17.1. The van der Waals surface area contributed by atoms with Crippen molar-refractivity contribution in [3.63, 3.8) is 0 Å². The number of nitrogens with two attached hydrogens (primary N) is 1. The summed E-state index contributed by atoms with van der Waals surface area (Å²) in [7, 11) is 0. The first kappa shape index (κ1) is 21.0. The predicted molar refractivity (Wildman–Crippen MR) is 88.9 cm³/mol. The number of hydrogen-bond donors (Lipinski definition) is 7. The van der Waals surface area contributed by atoms with Crippen molar-refractivity contribution in [3.8, 4) is 0 Å². The number of aliphatic hydroxyl groups is 5. The van der Waals surface area contributed by atoms with Gasteiger partial charge in [-0.2, -0.15) is 0 Å². The van der Waals surface area contributed by atoms with Crippen LogP contribution in [0.1, 0.15) is 6.23 Å². The molecule has 0 bridgehead atoms. The van der Waals surface area contributed by atoms with Gasteiger partial charge in [0.1, 0.15) is 36.6 Å². The molecular weight excluding hydrogens is 382 g/mol. The Bertz CT molecular complexity index is 782. The number of H-pyrrole nitrogens is 1. The minimum atomic E-state index is -1.49. The van der Waals surface area contributed by atoms with E-state index in [0.717, 1.165) is 16.8 Å². The van der Waals surface area contributed by atoms with Crippen LogP contribution in [0.4, 0.5) is 0 Å². The van der Waals surface area contributed by atoms with Gasteiger partial charge < -0.3 is 45.5 Å². The molecular formula is C15H23N3O10. The third kappa shape index (κ3) is 3.89. The Labute approximate surface area is 157 Å². The van der Waals surface area contributed by atoms with Crippen LogP contribution in [-0.4, -0.2) is 97.3 Å². The van der Waals surface area contributed by atoms with E-state index in [-0.39, 0.29) is 6.61 Å². The number of hydrogen-bond acceptors (Lipinski definition) is 11. The number of rotatable bonds is 5. The summed E-state index contributed by atoms with van der Waals surface area (Å²) in [6.45, 7) is -0.921. The molecule has 0 aliphatic carbocycles. The molecule has 8 N–H and O–H groups in total. The van der Waals surface area contributed by atoms with Crippen LogP contribution in [0.2, 0.25) is 0 Å². The molecule has 0 amide bonds. The summed E-state index contributed by atoms with van der Waals surface area (Å²) >= 11 is 0. The molecule has 9 unspecified atom stereocenters. The number of nitrogens with one attached hydrogen (secondary N) is 1. The molecule has 2 aliphatic heterocycles. The zero-order valence-corrected chi connectivity index (χ0v) is 14.6. The maximum absolute atomic E-state index is 11.9. The van der Waals surface area contributed by atoms with Crippen molar-refractivity contribution >= 4 is 0 Å². The van der Waals surface area contributed by atoms with Crippen molar-refractivity contribution in [2.45, 2.75) is 55.2 Å². The Hall–Kier alpha value is -1.68. The molecule has 158 valence electrons. The zero-order valence-electron chi connectivity index (χ0n) is 14.6.